The Bertz CT molecular complexity index is 858. The summed E-state index contributed by atoms with van der Waals surface area (Å²) < 4.78 is 18.4. The van der Waals surface area contributed by atoms with Crippen molar-refractivity contribution < 1.29 is 13.7 Å². The second-order valence-electron chi connectivity index (χ2n) is 6.14. The predicted octanol–water partition coefficient (Wildman–Crippen LogP) is 3.22. The lowest BCUT2D eigenvalue weighted by Gasteiger charge is -2.31. The zero-order valence-electron chi connectivity index (χ0n) is 13.5. The van der Waals surface area contributed by atoms with Gasteiger partial charge in [0.2, 0.25) is 11.7 Å². The van der Waals surface area contributed by atoms with Crippen molar-refractivity contribution in [3.8, 4) is 11.5 Å². The minimum absolute atomic E-state index is 0.00867. The normalized spacial score (nSPS) is 17.6. The van der Waals surface area contributed by atoms with E-state index in [1.807, 2.05) is 12.1 Å². The van der Waals surface area contributed by atoms with Crippen molar-refractivity contribution in [3.05, 3.63) is 59.9 Å². The van der Waals surface area contributed by atoms with Crippen LogP contribution in [0.2, 0.25) is 0 Å². The maximum Gasteiger partial charge on any atom is 0.253 e. The number of nitrogens with zero attached hydrogens (tertiary/aromatic N) is 3. The van der Waals surface area contributed by atoms with Gasteiger partial charge in [-0.15, -0.1) is 0 Å². The summed E-state index contributed by atoms with van der Waals surface area (Å²) in [4.78, 5) is 21.9. The summed E-state index contributed by atoms with van der Waals surface area (Å²) in [6.45, 7) is 1.19. The van der Waals surface area contributed by atoms with Gasteiger partial charge in [0.05, 0.1) is 11.6 Å². The molecule has 4 rings (SSSR count). The number of benzene rings is 1. The number of nitrogens with one attached hydrogen (secondary N) is 1. The van der Waals surface area contributed by atoms with E-state index < -0.39 is 0 Å². The van der Waals surface area contributed by atoms with Crippen LogP contribution >= 0.6 is 0 Å². The molecule has 0 bridgehead atoms. The molecule has 1 amide bonds. The third-order valence-electron chi connectivity index (χ3n) is 4.43. The molecule has 0 saturated carbocycles. The fourth-order valence-corrected chi connectivity index (χ4v) is 3.12. The van der Waals surface area contributed by atoms with Gasteiger partial charge < -0.3 is 14.4 Å². The van der Waals surface area contributed by atoms with Gasteiger partial charge in [-0.2, -0.15) is 4.98 Å². The molecular formula is C18H17FN4O2. The van der Waals surface area contributed by atoms with Crippen LogP contribution in [0.1, 0.15) is 35.0 Å². The standard InChI is InChI=1S/C18H17FN4O2/c19-14-7-5-12(6-8-14)18(24)23-10-2-3-13(11-23)17-21-16(22-25-17)15-4-1-9-20-15/h1,4-9,13,20H,2-3,10-11H2/t13-/m0/s1. The third-order valence-corrected chi connectivity index (χ3v) is 4.43. The number of aromatic amines is 1. The van der Waals surface area contributed by atoms with Crippen LogP contribution in [0.3, 0.4) is 0 Å². The molecule has 0 unspecified atom stereocenters. The first-order valence-corrected chi connectivity index (χ1v) is 8.23. The van der Waals surface area contributed by atoms with E-state index in [4.69, 9.17) is 4.52 Å². The smallest absolute Gasteiger partial charge is 0.253 e. The molecule has 1 atom stereocenters. The van der Waals surface area contributed by atoms with Crippen molar-refractivity contribution in [2.75, 3.05) is 13.1 Å². The summed E-state index contributed by atoms with van der Waals surface area (Å²) in [6.07, 6.45) is 3.55. The average Bonchev–Trinajstić information content (AvgIpc) is 3.33. The molecule has 6 nitrogen and oxygen atoms in total. The second-order valence-corrected chi connectivity index (χ2v) is 6.14. The molecule has 7 heteroatoms. The summed E-state index contributed by atoms with van der Waals surface area (Å²) in [7, 11) is 0. The summed E-state index contributed by atoms with van der Waals surface area (Å²) >= 11 is 0. The topological polar surface area (TPSA) is 75.0 Å². The van der Waals surface area contributed by atoms with Crippen molar-refractivity contribution in [2.45, 2.75) is 18.8 Å². The van der Waals surface area contributed by atoms with Crippen molar-refractivity contribution >= 4 is 5.91 Å². The van der Waals surface area contributed by atoms with Crippen molar-refractivity contribution in [3.63, 3.8) is 0 Å². The first-order chi connectivity index (χ1) is 12.2. The zero-order chi connectivity index (χ0) is 17.2. The van der Waals surface area contributed by atoms with Crippen LogP contribution in [-0.2, 0) is 0 Å². The number of carbonyl (C=O) groups excluding carboxylic acids is 1. The number of halogens is 1. The Balaban J connectivity index is 1.49. The molecule has 2 aromatic heterocycles. The van der Waals surface area contributed by atoms with Gasteiger partial charge in [0.1, 0.15) is 5.82 Å². The minimum atomic E-state index is -0.351. The van der Waals surface area contributed by atoms with Crippen molar-refractivity contribution in [1.29, 1.82) is 0 Å². The van der Waals surface area contributed by atoms with E-state index in [1.54, 1.807) is 11.1 Å². The highest BCUT2D eigenvalue weighted by Crippen LogP contribution is 2.28. The summed E-state index contributed by atoms with van der Waals surface area (Å²) in [5.74, 6) is 0.613. The Labute approximate surface area is 143 Å². The lowest BCUT2D eigenvalue weighted by molar-refractivity contribution is 0.0695. The number of rotatable bonds is 3. The number of hydrogen-bond acceptors (Lipinski definition) is 4. The van der Waals surface area contributed by atoms with Crippen LogP contribution in [-0.4, -0.2) is 39.0 Å². The summed E-state index contributed by atoms with van der Waals surface area (Å²) in [5.41, 5.74) is 1.28. The van der Waals surface area contributed by atoms with E-state index in [0.717, 1.165) is 18.5 Å². The molecule has 1 aromatic carbocycles. The second kappa shape index (κ2) is 6.51. The number of hydrogen-bond donors (Lipinski definition) is 1. The Kier molecular flexibility index (Phi) is 4.05. The SMILES string of the molecule is O=C(c1ccc(F)cc1)N1CCC[C@H](c2nc(-c3ccc[nH]3)no2)C1. The van der Waals surface area contributed by atoms with Gasteiger partial charge in [-0.05, 0) is 49.2 Å². The molecule has 25 heavy (non-hydrogen) atoms. The molecule has 0 radical (unpaired) electrons. The fraction of sp³-hybridized carbons (Fsp3) is 0.278. The predicted molar refractivity (Wildman–Crippen MR) is 88.4 cm³/mol. The van der Waals surface area contributed by atoms with Gasteiger partial charge in [-0.3, -0.25) is 4.79 Å². The fourth-order valence-electron chi connectivity index (χ4n) is 3.12. The number of carbonyl (C=O) groups is 1. The highest BCUT2D eigenvalue weighted by atomic mass is 19.1. The van der Waals surface area contributed by atoms with Crippen molar-refractivity contribution in [2.24, 2.45) is 0 Å². The molecule has 1 fully saturated rings. The minimum Gasteiger partial charge on any atom is -0.359 e. The third kappa shape index (κ3) is 3.17. The first-order valence-electron chi connectivity index (χ1n) is 8.23. The first kappa shape index (κ1) is 15.6. The van der Waals surface area contributed by atoms with Crippen LogP contribution in [0.15, 0.2) is 47.1 Å². The molecular weight excluding hydrogens is 323 g/mol. The Morgan fingerprint density at radius 2 is 2.12 bits per heavy atom. The number of piperidine rings is 1. The maximum absolute atomic E-state index is 13.0. The van der Waals surface area contributed by atoms with Crippen LogP contribution in [0, 0.1) is 5.82 Å². The van der Waals surface area contributed by atoms with E-state index in [1.165, 1.54) is 24.3 Å². The lowest BCUT2D eigenvalue weighted by atomic mass is 9.97. The molecule has 128 valence electrons. The van der Waals surface area contributed by atoms with Gasteiger partial charge in [-0.1, -0.05) is 5.16 Å². The zero-order valence-corrected chi connectivity index (χ0v) is 13.5. The van der Waals surface area contributed by atoms with E-state index >= 15 is 0 Å². The van der Waals surface area contributed by atoms with E-state index in [2.05, 4.69) is 15.1 Å². The van der Waals surface area contributed by atoms with Gasteiger partial charge in [0.15, 0.2) is 0 Å². The highest BCUT2D eigenvalue weighted by Gasteiger charge is 2.29. The van der Waals surface area contributed by atoms with E-state index in [0.29, 0.717) is 30.4 Å². The lowest BCUT2D eigenvalue weighted by Crippen LogP contribution is -2.39. The highest BCUT2D eigenvalue weighted by molar-refractivity contribution is 5.94. The van der Waals surface area contributed by atoms with E-state index in [9.17, 15) is 9.18 Å². The van der Waals surface area contributed by atoms with Crippen LogP contribution < -0.4 is 0 Å². The van der Waals surface area contributed by atoms with Gasteiger partial charge in [0.25, 0.3) is 5.91 Å². The van der Waals surface area contributed by atoms with E-state index in [-0.39, 0.29) is 17.6 Å². The van der Waals surface area contributed by atoms with Crippen LogP contribution in [0.25, 0.3) is 11.5 Å². The number of H-pyrrole nitrogens is 1. The summed E-state index contributed by atoms with van der Waals surface area (Å²) in [5, 5.41) is 4.01. The molecule has 1 aliphatic heterocycles. The average molecular weight is 340 g/mol. The van der Waals surface area contributed by atoms with Gasteiger partial charge in [-0.25, -0.2) is 4.39 Å². The van der Waals surface area contributed by atoms with Crippen molar-refractivity contribution in [1.82, 2.24) is 20.0 Å². The van der Waals surface area contributed by atoms with Gasteiger partial charge in [0, 0.05) is 24.8 Å². The Morgan fingerprint density at radius 1 is 1.28 bits per heavy atom. The molecule has 1 N–H and O–H groups in total. The largest absolute Gasteiger partial charge is 0.359 e. The molecule has 0 spiro atoms. The number of amides is 1. The van der Waals surface area contributed by atoms with Gasteiger partial charge >= 0.3 is 0 Å². The number of aromatic nitrogens is 3. The quantitative estimate of drug-likeness (QED) is 0.794. The molecule has 1 saturated heterocycles. The Hall–Kier alpha value is -2.96. The molecule has 3 heterocycles. The van der Waals surface area contributed by atoms with Crippen LogP contribution in [0.4, 0.5) is 4.39 Å². The van der Waals surface area contributed by atoms with Crippen LogP contribution in [0.5, 0.6) is 0 Å². The molecule has 0 aliphatic carbocycles. The number of likely N-dealkylation sites (tertiary alicyclic amines) is 1. The molecule has 3 aromatic rings. The maximum atomic E-state index is 13.0. The Morgan fingerprint density at radius 3 is 2.88 bits per heavy atom. The molecule has 1 aliphatic rings. The summed E-state index contributed by atoms with van der Waals surface area (Å²) in [6, 6.07) is 9.37. The monoisotopic (exact) mass is 340 g/mol.